The maximum atomic E-state index is 11.9. The predicted octanol–water partition coefficient (Wildman–Crippen LogP) is 1.23. The Morgan fingerprint density at radius 2 is 2.44 bits per heavy atom. The smallest absolute Gasteiger partial charge is 0.224 e. The topological polar surface area (TPSA) is 58.4 Å². The molecule has 18 heavy (non-hydrogen) atoms. The minimum Gasteiger partial charge on any atom is -0.360 e. The van der Waals surface area contributed by atoms with Crippen LogP contribution in [0.25, 0.3) is 0 Å². The Bertz CT molecular complexity index is 443. The van der Waals surface area contributed by atoms with Crippen LogP contribution in [0.5, 0.6) is 0 Å². The van der Waals surface area contributed by atoms with E-state index in [0.717, 1.165) is 30.8 Å². The molecule has 1 aromatic heterocycles. The van der Waals surface area contributed by atoms with Gasteiger partial charge in [0.2, 0.25) is 5.91 Å². The van der Waals surface area contributed by atoms with Crippen molar-refractivity contribution in [1.82, 2.24) is 15.4 Å². The van der Waals surface area contributed by atoms with Crippen molar-refractivity contribution in [2.75, 3.05) is 6.54 Å². The van der Waals surface area contributed by atoms with Crippen molar-refractivity contribution in [3.63, 3.8) is 0 Å². The number of hydrogen-bond donors (Lipinski definition) is 1. The summed E-state index contributed by atoms with van der Waals surface area (Å²) < 4.78 is 5.18. The first-order valence-electron chi connectivity index (χ1n) is 6.69. The summed E-state index contributed by atoms with van der Waals surface area (Å²) in [5, 5.41) is 7.31. The first kappa shape index (κ1) is 11.7. The second kappa shape index (κ2) is 4.72. The lowest BCUT2D eigenvalue weighted by Crippen LogP contribution is -2.45. The monoisotopic (exact) mass is 249 g/mol. The quantitative estimate of drug-likeness (QED) is 0.875. The SMILES string of the molecule is Cc1cc(CNC2CC(=O)N3CCCCC23)on1. The van der Waals surface area contributed by atoms with Crippen LogP contribution >= 0.6 is 0 Å². The average molecular weight is 249 g/mol. The standard InChI is InChI=1S/C13H19N3O2/c1-9-6-10(18-15-9)8-14-11-7-13(17)16-5-3-2-4-12(11)16/h6,11-12,14H,2-5,7-8H2,1H3. The van der Waals surface area contributed by atoms with E-state index >= 15 is 0 Å². The zero-order chi connectivity index (χ0) is 12.5. The first-order chi connectivity index (χ1) is 8.74. The molecule has 5 heteroatoms. The van der Waals surface area contributed by atoms with Gasteiger partial charge in [0.15, 0.2) is 5.76 Å². The van der Waals surface area contributed by atoms with E-state index in [-0.39, 0.29) is 6.04 Å². The lowest BCUT2D eigenvalue weighted by Gasteiger charge is -2.32. The van der Waals surface area contributed by atoms with Gasteiger partial charge < -0.3 is 14.7 Å². The van der Waals surface area contributed by atoms with E-state index in [1.165, 1.54) is 6.42 Å². The highest BCUT2D eigenvalue weighted by Crippen LogP contribution is 2.28. The number of nitrogens with one attached hydrogen (secondary N) is 1. The molecule has 0 bridgehead atoms. The number of aryl methyl sites for hydroxylation is 1. The summed E-state index contributed by atoms with van der Waals surface area (Å²) in [6.07, 6.45) is 4.13. The maximum absolute atomic E-state index is 11.9. The van der Waals surface area contributed by atoms with Gasteiger partial charge in [-0.25, -0.2) is 0 Å². The molecule has 3 rings (SSSR count). The van der Waals surface area contributed by atoms with Crippen LogP contribution in [0.2, 0.25) is 0 Å². The van der Waals surface area contributed by atoms with Crippen LogP contribution in [0.4, 0.5) is 0 Å². The molecule has 2 fully saturated rings. The Balaban J connectivity index is 1.61. The number of aromatic nitrogens is 1. The third-order valence-electron chi connectivity index (χ3n) is 3.94. The fraction of sp³-hybridized carbons (Fsp3) is 0.692. The highest BCUT2D eigenvalue weighted by atomic mass is 16.5. The molecular formula is C13H19N3O2. The van der Waals surface area contributed by atoms with Crippen LogP contribution < -0.4 is 5.32 Å². The van der Waals surface area contributed by atoms with Crippen molar-refractivity contribution in [2.24, 2.45) is 0 Å². The van der Waals surface area contributed by atoms with Gasteiger partial charge in [-0.15, -0.1) is 0 Å². The van der Waals surface area contributed by atoms with Crippen molar-refractivity contribution >= 4 is 5.91 Å². The van der Waals surface area contributed by atoms with Crippen molar-refractivity contribution in [2.45, 2.75) is 51.2 Å². The molecule has 2 aliphatic rings. The molecule has 1 amide bonds. The van der Waals surface area contributed by atoms with Crippen LogP contribution in [-0.4, -0.2) is 34.6 Å². The van der Waals surface area contributed by atoms with E-state index in [4.69, 9.17) is 4.52 Å². The Labute approximate surface area is 107 Å². The molecule has 0 radical (unpaired) electrons. The summed E-state index contributed by atoms with van der Waals surface area (Å²) in [6, 6.07) is 2.58. The predicted molar refractivity (Wildman–Crippen MR) is 65.8 cm³/mol. The molecule has 0 aliphatic carbocycles. The van der Waals surface area contributed by atoms with Crippen molar-refractivity contribution in [3.8, 4) is 0 Å². The summed E-state index contributed by atoms with van der Waals surface area (Å²) in [6.45, 7) is 3.50. The van der Waals surface area contributed by atoms with E-state index in [1.54, 1.807) is 0 Å². The highest BCUT2D eigenvalue weighted by molar-refractivity contribution is 5.80. The Morgan fingerprint density at radius 1 is 1.56 bits per heavy atom. The fourth-order valence-corrected chi connectivity index (χ4v) is 3.07. The molecule has 2 unspecified atom stereocenters. The van der Waals surface area contributed by atoms with Gasteiger partial charge in [0.1, 0.15) is 0 Å². The van der Waals surface area contributed by atoms with Gasteiger partial charge in [-0.3, -0.25) is 4.79 Å². The number of carbonyl (C=O) groups is 1. The molecule has 0 aromatic carbocycles. The number of nitrogens with zero attached hydrogens (tertiary/aromatic N) is 2. The lowest BCUT2D eigenvalue weighted by atomic mass is 9.99. The van der Waals surface area contributed by atoms with Crippen molar-refractivity contribution < 1.29 is 9.32 Å². The zero-order valence-corrected chi connectivity index (χ0v) is 10.7. The molecule has 2 atom stereocenters. The molecule has 1 N–H and O–H groups in total. The summed E-state index contributed by atoms with van der Waals surface area (Å²) in [7, 11) is 0. The number of rotatable bonds is 3. The van der Waals surface area contributed by atoms with Gasteiger partial charge in [0.25, 0.3) is 0 Å². The number of carbonyl (C=O) groups excluding carboxylic acids is 1. The van der Waals surface area contributed by atoms with E-state index in [2.05, 4.69) is 10.5 Å². The number of piperidine rings is 1. The van der Waals surface area contributed by atoms with Crippen LogP contribution in [-0.2, 0) is 11.3 Å². The first-order valence-corrected chi connectivity index (χ1v) is 6.69. The van der Waals surface area contributed by atoms with Gasteiger partial charge in [-0.1, -0.05) is 5.16 Å². The molecule has 5 nitrogen and oxygen atoms in total. The maximum Gasteiger partial charge on any atom is 0.224 e. The zero-order valence-electron chi connectivity index (χ0n) is 10.7. The normalized spacial score (nSPS) is 27.6. The molecule has 98 valence electrons. The molecular weight excluding hydrogens is 230 g/mol. The number of fused-ring (bicyclic) bond motifs is 1. The number of amides is 1. The van der Waals surface area contributed by atoms with Crippen molar-refractivity contribution in [3.05, 3.63) is 17.5 Å². The average Bonchev–Trinajstić information content (AvgIpc) is 2.92. The highest BCUT2D eigenvalue weighted by Gasteiger charge is 2.40. The van der Waals surface area contributed by atoms with E-state index in [1.807, 2.05) is 17.9 Å². The van der Waals surface area contributed by atoms with Crippen molar-refractivity contribution in [1.29, 1.82) is 0 Å². The molecule has 1 aromatic rings. The van der Waals surface area contributed by atoms with E-state index < -0.39 is 0 Å². The Morgan fingerprint density at radius 3 is 3.22 bits per heavy atom. The summed E-state index contributed by atoms with van der Waals surface area (Å²) in [4.78, 5) is 13.9. The van der Waals surface area contributed by atoms with Crippen LogP contribution in [0.3, 0.4) is 0 Å². The lowest BCUT2D eigenvalue weighted by molar-refractivity contribution is -0.129. The van der Waals surface area contributed by atoms with E-state index in [0.29, 0.717) is 24.9 Å². The number of hydrogen-bond acceptors (Lipinski definition) is 4. The summed E-state index contributed by atoms with van der Waals surface area (Å²) in [5.74, 6) is 1.14. The minimum absolute atomic E-state index is 0.267. The summed E-state index contributed by atoms with van der Waals surface area (Å²) in [5.41, 5.74) is 0.897. The van der Waals surface area contributed by atoms with Gasteiger partial charge in [-0.05, 0) is 26.2 Å². The van der Waals surface area contributed by atoms with Crippen LogP contribution in [0.15, 0.2) is 10.6 Å². The molecule has 0 saturated carbocycles. The summed E-state index contributed by atoms with van der Waals surface area (Å²) >= 11 is 0. The van der Waals surface area contributed by atoms with Gasteiger partial charge >= 0.3 is 0 Å². The van der Waals surface area contributed by atoms with Gasteiger partial charge in [-0.2, -0.15) is 0 Å². The second-order valence-corrected chi connectivity index (χ2v) is 5.28. The third kappa shape index (κ3) is 2.14. The largest absolute Gasteiger partial charge is 0.360 e. The fourth-order valence-electron chi connectivity index (χ4n) is 3.07. The third-order valence-corrected chi connectivity index (χ3v) is 3.94. The molecule has 0 spiro atoms. The Hall–Kier alpha value is -1.36. The van der Waals surface area contributed by atoms with Crippen LogP contribution in [0.1, 0.15) is 37.1 Å². The van der Waals surface area contributed by atoms with Crippen LogP contribution in [0, 0.1) is 6.92 Å². The van der Waals surface area contributed by atoms with Gasteiger partial charge in [0, 0.05) is 31.1 Å². The molecule has 2 saturated heterocycles. The second-order valence-electron chi connectivity index (χ2n) is 5.28. The molecule has 2 aliphatic heterocycles. The van der Waals surface area contributed by atoms with E-state index in [9.17, 15) is 4.79 Å². The Kier molecular flexibility index (Phi) is 3.07. The molecule has 3 heterocycles. The minimum atomic E-state index is 0.267. The van der Waals surface area contributed by atoms with Gasteiger partial charge in [0.05, 0.1) is 12.2 Å².